The molecule has 5 heteroatoms. The standard InChI is InChI=1S/C18H18N2O2S/c1-13(14-5-3-2-4-6-14)10-19-17(21)9-16-12-23-18(20-16)15-7-8-22-11-15/h2-8,11-13H,9-10H2,1H3,(H,19,21)/t13-/m1/s1. The van der Waals surface area contributed by atoms with Gasteiger partial charge >= 0.3 is 0 Å². The number of aromatic nitrogens is 1. The van der Waals surface area contributed by atoms with Gasteiger partial charge in [-0.15, -0.1) is 11.3 Å². The minimum Gasteiger partial charge on any atom is -0.472 e. The van der Waals surface area contributed by atoms with E-state index in [1.807, 2.05) is 29.6 Å². The summed E-state index contributed by atoms with van der Waals surface area (Å²) in [6.45, 7) is 2.73. The highest BCUT2D eigenvalue weighted by molar-refractivity contribution is 7.13. The van der Waals surface area contributed by atoms with Crippen LogP contribution in [0.4, 0.5) is 0 Å². The van der Waals surface area contributed by atoms with Gasteiger partial charge in [-0.3, -0.25) is 4.79 Å². The number of carbonyl (C=O) groups excluding carboxylic acids is 1. The summed E-state index contributed by atoms with van der Waals surface area (Å²) >= 11 is 1.52. The predicted octanol–water partition coefficient (Wildman–Crippen LogP) is 3.87. The third-order valence-electron chi connectivity index (χ3n) is 3.64. The summed E-state index contributed by atoms with van der Waals surface area (Å²) in [5.41, 5.74) is 2.96. The molecule has 0 aliphatic carbocycles. The number of benzene rings is 1. The van der Waals surface area contributed by atoms with Gasteiger partial charge in [0.25, 0.3) is 0 Å². The van der Waals surface area contributed by atoms with Crippen molar-refractivity contribution in [1.82, 2.24) is 10.3 Å². The summed E-state index contributed by atoms with van der Waals surface area (Å²) in [5, 5.41) is 5.77. The van der Waals surface area contributed by atoms with Crippen LogP contribution in [-0.2, 0) is 11.2 Å². The first-order valence-electron chi connectivity index (χ1n) is 7.51. The molecule has 0 aliphatic heterocycles. The van der Waals surface area contributed by atoms with Crippen LogP contribution in [0.3, 0.4) is 0 Å². The maximum atomic E-state index is 12.1. The Morgan fingerprint density at radius 2 is 2.13 bits per heavy atom. The molecule has 4 nitrogen and oxygen atoms in total. The number of thiazole rings is 1. The maximum absolute atomic E-state index is 12.1. The third-order valence-corrected chi connectivity index (χ3v) is 4.58. The molecule has 1 aromatic carbocycles. The van der Waals surface area contributed by atoms with Crippen LogP contribution in [0.2, 0.25) is 0 Å². The maximum Gasteiger partial charge on any atom is 0.226 e. The van der Waals surface area contributed by atoms with E-state index in [0.717, 1.165) is 16.3 Å². The van der Waals surface area contributed by atoms with E-state index in [0.29, 0.717) is 13.0 Å². The highest BCUT2D eigenvalue weighted by Gasteiger charge is 2.11. The summed E-state index contributed by atoms with van der Waals surface area (Å²) in [7, 11) is 0. The summed E-state index contributed by atoms with van der Waals surface area (Å²) in [6, 6.07) is 12.0. The Morgan fingerprint density at radius 1 is 1.30 bits per heavy atom. The van der Waals surface area contributed by atoms with Gasteiger partial charge in [-0.05, 0) is 17.5 Å². The zero-order valence-electron chi connectivity index (χ0n) is 12.9. The first-order valence-corrected chi connectivity index (χ1v) is 8.39. The second-order valence-corrected chi connectivity index (χ2v) is 6.31. The molecule has 118 valence electrons. The lowest BCUT2D eigenvalue weighted by atomic mass is 10.0. The highest BCUT2D eigenvalue weighted by Crippen LogP contribution is 2.24. The fraction of sp³-hybridized carbons (Fsp3) is 0.222. The Labute approximate surface area is 139 Å². The van der Waals surface area contributed by atoms with E-state index in [2.05, 4.69) is 29.4 Å². The van der Waals surface area contributed by atoms with E-state index in [1.54, 1.807) is 12.5 Å². The largest absolute Gasteiger partial charge is 0.472 e. The lowest BCUT2D eigenvalue weighted by Crippen LogP contribution is -2.28. The number of hydrogen-bond acceptors (Lipinski definition) is 4. The number of carbonyl (C=O) groups is 1. The van der Waals surface area contributed by atoms with Crippen LogP contribution >= 0.6 is 11.3 Å². The molecule has 1 atom stereocenters. The molecule has 0 unspecified atom stereocenters. The minimum absolute atomic E-state index is 0.00294. The molecule has 2 heterocycles. The van der Waals surface area contributed by atoms with Gasteiger partial charge in [0.15, 0.2) is 0 Å². The topological polar surface area (TPSA) is 55.1 Å². The van der Waals surface area contributed by atoms with Crippen molar-refractivity contribution in [2.75, 3.05) is 6.54 Å². The van der Waals surface area contributed by atoms with Crippen LogP contribution in [0.15, 0.2) is 58.7 Å². The van der Waals surface area contributed by atoms with Crippen LogP contribution in [-0.4, -0.2) is 17.4 Å². The lowest BCUT2D eigenvalue weighted by molar-refractivity contribution is -0.120. The van der Waals surface area contributed by atoms with E-state index in [-0.39, 0.29) is 11.8 Å². The first-order chi connectivity index (χ1) is 11.2. The van der Waals surface area contributed by atoms with Crippen molar-refractivity contribution < 1.29 is 9.21 Å². The quantitative estimate of drug-likeness (QED) is 0.748. The van der Waals surface area contributed by atoms with Gasteiger partial charge in [-0.2, -0.15) is 0 Å². The van der Waals surface area contributed by atoms with E-state index in [9.17, 15) is 4.79 Å². The summed E-state index contributed by atoms with van der Waals surface area (Å²) in [6.07, 6.45) is 3.58. The van der Waals surface area contributed by atoms with Gasteiger partial charge in [-0.25, -0.2) is 4.98 Å². The SMILES string of the molecule is C[C@H](CNC(=O)Cc1csc(-c2ccoc2)n1)c1ccccc1. The molecule has 0 saturated heterocycles. The number of hydrogen-bond donors (Lipinski definition) is 1. The van der Waals surface area contributed by atoms with Crippen LogP contribution in [0, 0.1) is 0 Å². The second-order valence-electron chi connectivity index (χ2n) is 5.45. The molecule has 3 rings (SSSR count). The van der Waals surface area contributed by atoms with Crippen molar-refractivity contribution in [2.45, 2.75) is 19.3 Å². The number of nitrogens with zero attached hydrogens (tertiary/aromatic N) is 1. The van der Waals surface area contributed by atoms with E-state index in [4.69, 9.17) is 4.42 Å². The van der Waals surface area contributed by atoms with Gasteiger partial charge in [0.1, 0.15) is 11.3 Å². The smallest absolute Gasteiger partial charge is 0.226 e. The molecule has 0 bridgehead atoms. The van der Waals surface area contributed by atoms with Crippen molar-refractivity contribution in [3.05, 3.63) is 65.6 Å². The average molecular weight is 326 g/mol. The molecule has 0 spiro atoms. The summed E-state index contributed by atoms with van der Waals surface area (Å²) in [4.78, 5) is 16.6. The number of rotatable bonds is 6. The van der Waals surface area contributed by atoms with Crippen LogP contribution < -0.4 is 5.32 Å². The Bertz CT molecular complexity index is 750. The van der Waals surface area contributed by atoms with Crippen LogP contribution in [0.5, 0.6) is 0 Å². The van der Waals surface area contributed by atoms with E-state index < -0.39 is 0 Å². The zero-order chi connectivity index (χ0) is 16.1. The summed E-state index contributed by atoms with van der Waals surface area (Å²) in [5.74, 6) is 0.286. The number of nitrogens with one attached hydrogen (secondary N) is 1. The molecular formula is C18H18N2O2S. The Morgan fingerprint density at radius 3 is 2.87 bits per heavy atom. The molecule has 0 radical (unpaired) electrons. The molecule has 0 fully saturated rings. The Kier molecular flexibility index (Phi) is 4.88. The highest BCUT2D eigenvalue weighted by atomic mass is 32.1. The van der Waals surface area contributed by atoms with Crippen LogP contribution in [0.25, 0.3) is 10.6 Å². The molecular weight excluding hydrogens is 308 g/mol. The van der Waals surface area contributed by atoms with E-state index >= 15 is 0 Å². The molecule has 0 saturated carbocycles. The molecule has 23 heavy (non-hydrogen) atoms. The van der Waals surface area contributed by atoms with Crippen LogP contribution in [0.1, 0.15) is 24.1 Å². The minimum atomic E-state index is -0.00294. The second kappa shape index (κ2) is 7.24. The molecule has 2 aromatic heterocycles. The van der Waals surface area contributed by atoms with Crippen molar-refractivity contribution >= 4 is 17.2 Å². The monoisotopic (exact) mass is 326 g/mol. The van der Waals surface area contributed by atoms with Crippen molar-refractivity contribution in [2.24, 2.45) is 0 Å². The Balaban J connectivity index is 1.52. The molecule has 1 amide bonds. The van der Waals surface area contributed by atoms with Gasteiger partial charge < -0.3 is 9.73 Å². The van der Waals surface area contributed by atoms with Gasteiger partial charge in [-0.1, -0.05) is 37.3 Å². The fourth-order valence-electron chi connectivity index (χ4n) is 2.30. The molecule has 3 aromatic rings. The fourth-order valence-corrected chi connectivity index (χ4v) is 3.11. The third kappa shape index (κ3) is 4.07. The summed E-state index contributed by atoms with van der Waals surface area (Å²) < 4.78 is 5.05. The zero-order valence-corrected chi connectivity index (χ0v) is 13.7. The average Bonchev–Trinajstić information content (AvgIpc) is 3.24. The van der Waals surface area contributed by atoms with Crippen molar-refractivity contribution in [1.29, 1.82) is 0 Å². The predicted molar refractivity (Wildman–Crippen MR) is 91.4 cm³/mol. The van der Waals surface area contributed by atoms with Crippen molar-refractivity contribution in [3.63, 3.8) is 0 Å². The lowest BCUT2D eigenvalue weighted by Gasteiger charge is -2.12. The van der Waals surface area contributed by atoms with Gasteiger partial charge in [0, 0.05) is 17.5 Å². The molecule has 0 aliphatic rings. The van der Waals surface area contributed by atoms with Crippen molar-refractivity contribution in [3.8, 4) is 10.6 Å². The van der Waals surface area contributed by atoms with E-state index in [1.165, 1.54) is 16.9 Å². The normalized spacial score (nSPS) is 12.0. The Hall–Kier alpha value is -2.40. The van der Waals surface area contributed by atoms with Gasteiger partial charge in [0.05, 0.1) is 18.4 Å². The number of furan rings is 1. The first kappa shape index (κ1) is 15.5. The van der Waals surface area contributed by atoms with Gasteiger partial charge in [0.2, 0.25) is 5.91 Å². The number of amides is 1. The molecule has 1 N–H and O–H groups in total.